The quantitative estimate of drug-likeness (QED) is 0.298. The highest BCUT2D eigenvalue weighted by Crippen LogP contribution is 2.16. The average molecular weight is 337 g/mol. The van der Waals surface area contributed by atoms with Gasteiger partial charge in [0.2, 0.25) is 0 Å². The summed E-state index contributed by atoms with van der Waals surface area (Å²) < 4.78 is 0. The van der Waals surface area contributed by atoms with Gasteiger partial charge in [-0.1, -0.05) is 70.4 Å². The summed E-state index contributed by atoms with van der Waals surface area (Å²) in [5, 5.41) is 13.0. The molecule has 0 aromatic carbocycles. The molecule has 1 heterocycles. The smallest absolute Gasteiger partial charge is 0.125 e. The van der Waals surface area contributed by atoms with Crippen molar-refractivity contribution in [1.29, 1.82) is 0 Å². The predicted molar refractivity (Wildman–Crippen MR) is 104 cm³/mol. The maximum atomic E-state index is 9.67. The molecule has 0 fully saturated rings. The molecule has 3 heteroatoms. The van der Waals surface area contributed by atoms with Gasteiger partial charge < -0.3 is 15.3 Å². The number of aliphatic hydroxyl groups is 1. The Morgan fingerprint density at radius 1 is 0.958 bits per heavy atom. The zero-order valence-corrected chi connectivity index (χ0v) is 16.1. The monoisotopic (exact) mass is 336 g/mol. The van der Waals surface area contributed by atoms with Gasteiger partial charge in [-0.2, -0.15) is 0 Å². The third-order valence-electron chi connectivity index (χ3n) is 4.83. The SMILES string of the molecule is CC/C=C/CCCCCCCCCCCCC1NC=CN1C(C)O. The highest BCUT2D eigenvalue weighted by molar-refractivity contribution is 4.94. The molecule has 0 saturated carbocycles. The van der Waals surface area contributed by atoms with Crippen LogP contribution in [0.4, 0.5) is 0 Å². The van der Waals surface area contributed by atoms with E-state index in [0.29, 0.717) is 0 Å². The first-order valence-electron chi connectivity index (χ1n) is 10.3. The van der Waals surface area contributed by atoms with E-state index in [0.717, 1.165) is 6.42 Å². The molecule has 24 heavy (non-hydrogen) atoms. The standard InChI is InChI=1S/C21H40N2O/c1-3-4-5-6-7-8-9-10-11-12-13-14-15-16-17-21-22-18-19-23(21)20(2)24/h4-5,18-22,24H,3,6-17H2,1-2H3/b5-4+. The lowest BCUT2D eigenvalue weighted by atomic mass is 10.0. The molecule has 0 radical (unpaired) electrons. The summed E-state index contributed by atoms with van der Waals surface area (Å²) in [5.74, 6) is 0. The molecular formula is C21H40N2O. The Hall–Kier alpha value is -0.960. The molecule has 2 unspecified atom stereocenters. The van der Waals surface area contributed by atoms with Crippen molar-refractivity contribution in [2.75, 3.05) is 0 Å². The molecule has 0 aliphatic carbocycles. The van der Waals surface area contributed by atoms with E-state index in [1.165, 1.54) is 77.0 Å². The first-order valence-corrected chi connectivity index (χ1v) is 10.3. The number of rotatable bonds is 15. The maximum absolute atomic E-state index is 9.67. The summed E-state index contributed by atoms with van der Waals surface area (Å²) in [6.45, 7) is 4.02. The second-order valence-electron chi connectivity index (χ2n) is 7.07. The van der Waals surface area contributed by atoms with Crippen molar-refractivity contribution in [1.82, 2.24) is 10.2 Å². The van der Waals surface area contributed by atoms with Crippen LogP contribution in [-0.2, 0) is 0 Å². The lowest BCUT2D eigenvalue weighted by molar-refractivity contribution is 0.0254. The Bertz CT molecular complexity index is 339. The van der Waals surface area contributed by atoms with Crippen molar-refractivity contribution < 1.29 is 5.11 Å². The first-order chi connectivity index (χ1) is 11.8. The van der Waals surface area contributed by atoms with Gasteiger partial charge >= 0.3 is 0 Å². The van der Waals surface area contributed by atoms with E-state index < -0.39 is 6.23 Å². The van der Waals surface area contributed by atoms with Gasteiger partial charge in [0.05, 0.1) is 0 Å². The van der Waals surface area contributed by atoms with Crippen LogP contribution >= 0.6 is 0 Å². The van der Waals surface area contributed by atoms with Crippen molar-refractivity contribution in [3.8, 4) is 0 Å². The highest BCUT2D eigenvalue weighted by Gasteiger charge is 2.20. The highest BCUT2D eigenvalue weighted by atomic mass is 16.3. The minimum atomic E-state index is -0.399. The van der Waals surface area contributed by atoms with Gasteiger partial charge in [0.15, 0.2) is 0 Å². The van der Waals surface area contributed by atoms with Crippen molar-refractivity contribution >= 4 is 0 Å². The molecule has 0 aromatic rings. The van der Waals surface area contributed by atoms with Crippen molar-refractivity contribution in [3.05, 3.63) is 24.6 Å². The third kappa shape index (κ3) is 10.0. The second-order valence-corrected chi connectivity index (χ2v) is 7.07. The summed E-state index contributed by atoms with van der Waals surface area (Å²) in [6.07, 6.45) is 25.7. The fourth-order valence-electron chi connectivity index (χ4n) is 3.35. The Morgan fingerprint density at radius 2 is 1.54 bits per heavy atom. The van der Waals surface area contributed by atoms with Crippen LogP contribution in [0, 0.1) is 0 Å². The second kappa shape index (κ2) is 14.4. The van der Waals surface area contributed by atoms with Crippen LogP contribution in [-0.4, -0.2) is 22.4 Å². The Morgan fingerprint density at radius 3 is 2.12 bits per heavy atom. The van der Waals surface area contributed by atoms with Gasteiger partial charge in [-0.3, -0.25) is 0 Å². The molecule has 0 saturated heterocycles. The minimum absolute atomic E-state index is 0.289. The molecule has 1 aliphatic rings. The van der Waals surface area contributed by atoms with E-state index >= 15 is 0 Å². The molecule has 0 spiro atoms. The van der Waals surface area contributed by atoms with Gasteiger partial charge in [-0.25, -0.2) is 0 Å². The van der Waals surface area contributed by atoms with E-state index in [-0.39, 0.29) is 6.17 Å². The van der Waals surface area contributed by atoms with Crippen LogP contribution in [0.1, 0.15) is 97.3 Å². The number of aliphatic hydroxyl groups excluding tert-OH is 1. The lowest BCUT2D eigenvalue weighted by Gasteiger charge is -2.28. The van der Waals surface area contributed by atoms with Gasteiger partial charge in [-0.15, -0.1) is 0 Å². The molecular weight excluding hydrogens is 296 g/mol. The zero-order valence-electron chi connectivity index (χ0n) is 16.1. The Labute approximate surface area is 150 Å². The van der Waals surface area contributed by atoms with E-state index in [4.69, 9.17) is 0 Å². The number of unbranched alkanes of at least 4 members (excludes halogenated alkanes) is 10. The van der Waals surface area contributed by atoms with Gasteiger partial charge in [0.25, 0.3) is 0 Å². The normalized spacial score (nSPS) is 18.5. The first kappa shape index (κ1) is 21.1. The fourth-order valence-corrected chi connectivity index (χ4v) is 3.35. The van der Waals surface area contributed by atoms with Gasteiger partial charge in [0.1, 0.15) is 12.4 Å². The molecule has 140 valence electrons. The molecule has 2 N–H and O–H groups in total. The molecule has 1 rings (SSSR count). The Balaban J connectivity index is 1.80. The summed E-state index contributed by atoms with van der Waals surface area (Å²) in [4.78, 5) is 2.00. The van der Waals surface area contributed by atoms with Crippen LogP contribution in [0.25, 0.3) is 0 Å². The average Bonchev–Trinajstić information content (AvgIpc) is 3.04. The van der Waals surface area contributed by atoms with Crippen LogP contribution in [0.2, 0.25) is 0 Å². The molecule has 0 aromatic heterocycles. The van der Waals surface area contributed by atoms with E-state index in [2.05, 4.69) is 24.4 Å². The lowest BCUT2D eigenvalue weighted by Crippen LogP contribution is -2.40. The minimum Gasteiger partial charge on any atom is -0.374 e. The topological polar surface area (TPSA) is 35.5 Å². The molecule has 0 bridgehead atoms. The third-order valence-corrected chi connectivity index (χ3v) is 4.83. The number of nitrogens with one attached hydrogen (secondary N) is 1. The van der Waals surface area contributed by atoms with Gasteiger partial charge in [0, 0.05) is 12.4 Å². The number of nitrogens with zero attached hydrogens (tertiary/aromatic N) is 1. The summed E-state index contributed by atoms with van der Waals surface area (Å²) in [5.41, 5.74) is 0. The van der Waals surface area contributed by atoms with Crippen molar-refractivity contribution in [2.45, 2.75) is 110 Å². The molecule has 3 nitrogen and oxygen atoms in total. The molecule has 2 atom stereocenters. The summed E-state index contributed by atoms with van der Waals surface area (Å²) >= 11 is 0. The zero-order chi connectivity index (χ0) is 17.5. The number of allylic oxidation sites excluding steroid dienone is 2. The summed E-state index contributed by atoms with van der Waals surface area (Å²) in [7, 11) is 0. The van der Waals surface area contributed by atoms with E-state index in [1.807, 2.05) is 24.2 Å². The maximum Gasteiger partial charge on any atom is 0.125 e. The van der Waals surface area contributed by atoms with Crippen LogP contribution in [0.15, 0.2) is 24.6 Å². The Kier molecular flexibility index (Phi) is 12.6. The van der Waals surface area contributed by atoms with E-state index in [9.17, 15) is 5.11 Å². The van der Waals surface area contributed by atoms with Crippen LogP contribution < -0.4 is 5.32 Å². The van der Waals surface area contributed by atoms with Crippen molar-refractivity contribution in [2.24, 2.45) is 0 Å². The number of hydrogen-bond donors (Lipinski definition) is 2. The van der Waals surface area contributed by atoms with Crippen LogP contribution in [0.5, 0.6) is 0 Å². The summed E-state index contributed by atoms with van der Waals surface area (Å²) in [6, 6.07) is 0. The van der Waals surface area contributed by atoms with Crippen molar-refractivity contribution in [3.63, 3.8) is 0 Å². The molecule has 1 aliphatic heterocycles. The largest absolute Gasteiger partial charge is 0.374 e. The van der Waals surface area contributed by atoms with Crippen LogP contribution in [0.3, 0.4) is 0 Å². The van der Waals surface area contributed by atoms with E-state index in [1.54, 1.807) is 0 Å². The fraction of sp³-hybridized carbons (Fsp3) is 0.810. The predicted octanol–water partition coefficient (Wildman–Crippen LogP) is 5.67. The molecule has 0 amide bonds. The number of hydrogen-bond acceptors (Lipinski definition) is 3. The van der Waals surface area contributed by atoms with Gasteiger partial charge in [-0.05, 0) is 39.0 Å².